The van der Waals surface area contributed by atoms with Crippen molar-refractivity contribution in [1.29, 1.82) is 0 Å². The number of carbonyl (C=O) groups is 2. The Morgan fingerprint density at radius 2 is 1.78 bits per heavy atom. The summed E-state index contributed by atoms with van der Waals surface area (Å²) in [5, 5.41) is 0.576. The molecule has 96 valence electrons. The van der Waals surface area contributed by atoms with Crippen LogP contribution in [0.1, 0.15) is 0 Å². The van der Waals surface area contributed by atoms with Gasteiger partial charge in [0.25, 0.3) is 0 Å². The molecule has 1 aromatic rings. The predicted octanol–water partition coefficient (Wildman–Crippen LogP) is 2.61. The summed E-state index contributed by atoms with van der Waals surface area (Å²) in [6.07, 6.45) is 0. The van der Waals surface area contributed by atoms with Crippen molar-refractivity contribution in [2.75, 3.05) is 23.5 Å². The molecule has 0 atom stereocenters. The summed E-state index contributed by atoms with van der Waals surface area (Å²) in [5.41, 5.74) is 0.313. The van der Waals surface area contributed by atoms with Crippen LogP contribution in [0.4, 0.5) is 5.69 Å². The van der Waals surface area contributed by atoms with E-state index < -0.39 is 0 Å². The SMILES string of the molecule is COc1cc(N2C(=O)CSCC2=O)c(Cl)cc1Cl. The minimum atomic E-state index is -0.289. The van der Waals surface area contributed by atoms with E-state index in [4.69, 9.17) is 27.9 Å². The molecule has 1 heterocycles. The maximum atomic E-state index is 11.8. The molecular formula is C11H9Cl2NO3S. The Morgan fingerprint density at radius 1 is 1.17 bits per heavy atom. The average molecular weight is 306 g/mol. The highest BCUT2D eigenvalue weighted by atomic mass is 35.5. The van der Waals surface area contributed by atoms with E-state index in [0.29, 0.717) is 16.5 Å². The molecule has 0 spiro atoms. The van der Waals surface area contributed by atoms with Gasteiger partial charge in [0.15, 0.2) is 0 Å². The van der Waals surface area contributed by atoms with Crippen LogP contribution in [0.3, 0.4) is 0 Å². The number of ether oxygens (including phenoxy) is 1. The van der Waals surface area contributed by atoms with Crippen molar-refractivity contribution in [3.8, 4) is 5.75 Å². The molecular weight excluding hydrogens is 297 g/mol. The molecule has 1 saturated heterocycles. The number of thioether (sulfide) groups is 1. The summed E-state index contributed by atoms with van der Waals surface area (Å²) in [5.74, 6) is 0.306. The second-order valence-corrected chi connectivity index (χ2v) is 5.35. The number of methoxy groups -OCH3 is 1. The van der Waals surface area contributed by atoms with Crippen LogP contribution < -0.4 is 9.64 Å². The highest BCUT2D eigenvalue weighted by Gasteiger charge is 2.30. The zero-order chi connectivity index (χ0) is 13.3. The Kier molecular flexibility index (Phi) is 4.04. The Labute approximate surface area is 118 Å². The van der Waals surface area contributed by atoms with Crippen molar-refractivity contribution < 1.29 is 14.3 Å². The standard InChI is InChI=1S/C11H9Cl2NO3S/c1-17-9-3-8(6(12)2-7(9)13)14-10(15)4-18-5-11(14)16/h2-3H,4-5H2,1H3. The molecule has 1 aromatic carbocycles. The molecule has 7 heteroatoms. The summed E-state index contributed by atoms with van der Waals surface area (Å²) in [7, 11) is 1.45. The van der Waals surface area contributed by atoms with E-state index in [1.807, 2.05) is 0 Å². The van der Waals surface area contributed by atoms with Gasteiger partial charge in [-0.3, -0.25) is 9.59 Å². The smallest absolute Gasteiger partial charge is 0.243 e. The minimum absolute atomic E-state index is 0.245. The molecule has 1 fully saturated rings. The summed E-state index contributed by atoms with van der Waals surface area (Å²) in [6.45, 7) is 0. The molecule has 0 N–H and O–H groups in total. The van der Waals surface area contributed by atoms with Crippen LogP contribution in [0.25, 0.3) is 0 Å². The molecule has 0 aromatic heterocycles. The molecule has 0 saturated carbocycles. The number of imide groups is 1. The summed E-state index contributed by atoms with van der Waals surface area (Å²) in [4.78, 5) is 24.7. The second-order valence-electron chi connectivity index (χ2n) is 3.55. The van der Waals surface area contributed by atoms with Crippen molar-refractivity contribution in [2.45, 2.75) is 0 Å². The molecule has 0 radical (unpaired) electrons. The molecule has 0 aliphatic carbocycles. The van der Waals surface area contributed by atoms with E-state index in [-0.39, 0.29) is 28.3 Å². The highest BCUT2D eigenvalue weighted by Crippen LogP contribution is 2.37. The van der Waals surface area contributed by atoms with E-state index in [9.17, 15) is 9.59 Å². The first kappa shape index (κ1) is 13.5. The largest absolute Gasteiger partial charge is 0.495 e. The number of halogens is 2. The number of nitrogens with zero attached hydrogens (tertiary/aromatic N) is 1. The van der Waals surface area contributed by atoms with Gasteiger partial charge in [-0.1, -0.05) is 23.2 Å². The van der Waals surface area contributed by atoms with Gasteiger partial charge in [-0.2, -0.15) is 0 Å². The van der Waals surface area contributed by atoms with Gasteiger partial charge < -0.3 is 4.74 Å². The summed E-state index contributed by atoms with van der Waals surface area (Å²) in [6, 6.07) is 2.95. The number of amides is 2. The van der Waals surface area contributed by atoms with E-state index in [0.717, 1.165) is 4.90 Å². The number of rotatable bonds is 2. The van der Waals surface area contributed by atoms with Crippen molar-refractivity contribution in [2.24, 2.45) is 0 Å². The lowest BCUT2D eigenvalue weighted by molar-refractivity contribution is -0.124. The van der Waals surface area contributed by atoms with Crippen LogP contribution in [0, 0.1) is 0 Å². The molecule has 0 unspecified atom stereocenters. The van der Waals surface area contributed by atoms with E-state index >= 15 is 0 Å². The van der Waals surface area contributed by atoms with Gasteiger partial charge in [-0.25, -0.2) is 4.90 Å². The predicted molar refractivity (Wildman–Crippen MR) is 72.8 cm³/mol. The minimum Gasteiger partial charge on any atom is -0.495 e. The first-order chi connectivity index (χ1) is 8.54. The van der Waals surface area contributed by atoms with Crippen molar-refractivity contribution in [3.63, 3.8) is 0 Å². The Morgan fingerprint density at radius 3 is 2.33 bits per heavy atom. The lowest BCUT2D eigenvalue weighted by atomic mass is 10.2. The lowest BCUT2D eigenvalue weighted by Crippen LogP contribution is -2.43. The summed E-state index contributed by atoms with van der Waals surface area (Å²) < 4.78 is 5.06. The van der Waals surface area contributed by atoms with Crippen LogP contribution in [0.5, 0.6) is 5.75 Å². The lowest BCUT2D eigenvalue weighted by Gasteiger charge is -2.25. The first-order valence-corrected chi connectivity index (χ1v) is 6.92. The normalized spacial score (nSPS) is 16.1. The van der Waals surface area contributed by atoms with Gasteiger partial charge in [0, 0.05) is 6.07 Å². The number of carbonyl (C=O) groups excluding carboxylic acids is 2. The molecule has 2 rings (SSSR count). The third kappa shape index (κ3) is 2.43. The van der Waals surface area contributed by atoms with Gasteiger partial charge in [0.1, 0.15) is 5.75 Å². The van der Waals surface area contributed by atoms with Crippen LogP contribution in [-0.2, 0) is 9.59 Å². The number of hydrogen-bond acceptors (Lipinski definition) is 4. The van der Waals surface area contributed by atoms with E-state index in [2.05, 4.69) is 0 Å². The van der Waals surface area contributed by atoms with Crippen LogP contribution in [0.2, 0.25) is 10.0 Å². The van der Waals surface area contributed by atoms with Gasteiger partial charge >= 0.3 is 0 Å². The zero-order valence-electron chi connectivity index (χ0n) is 9.41. The summed E-state index contributed by atoms with van der Waals surface area (Å²) >= 11 is 13.2. The quantitative estimate of drug-likeness (QED) is 0.788. The maximum absolute atomic E-state index is 11.8. The van der Waals surface area contributed by atoms with Crippen molar-refractivity contribution >= 4 is 52.5 Å². The van der Waals surface area contributed by atoms with Crippen LogP contribution >= 0.6 is 35.0 Å². The molecule has 1 aliphatic rings. The fourth-order valence-corrected chi connectivity index (χ4v) is 2.86. The Bertz CT molecular complexity index is 505. The average Bonchev–Trinajstić information content (AvgIpc) is 2.31. The third-order valence-corrected chi connectivity index (χ3v) is 3.91. The van der Waals surface area contributed by atoms with Crippen LogP contribution in [-0.4, -0.2) is 30.4 Å². The molecule has 4 nitrogen and oxygen atoms in total. The molecule has 18 heavy (non-hydrogen) atoms. The Hall–Kier alpha value is -0.910. The molecule has 0 bridgehead atoms. The second kappa shape index (κ2) is 5.38. The van der Waals surface area contributed by atoms with Crippen molar-refractivity contribution in [3.05, 3.63) is 22.2 Å². The van der Waals surface area contributed by atoms with Gasteiger partial charge in [-0.15, -0.1) is 11.8 Å². The van der Waals surface area contributed by atoms with Crippen molar-refractivity contribution in [1.82, 2.24) is 0 Å². The topological polar surface area (TPSA) is 46.6 Å². The Balaban J connectivity index is 2.49. The third-order valence-electron chi connectivity index (χ3n) is 2.41. The number of anilines is 1. The van der Waals surface area contributed by atoms with E-state index in [1.165, 1.54) is 31.0 Å². The molecule has 2 amide bonds. The van der Waals surface area contributed by atoms with Gasteiger partial charge in [0.05, 0.1) is 34.3 Å². The molecule has 1 aliphatic heterocycles. The number of hydrogen-bond donors (Lipinski definition) is 0. The zero-order valence-corrected chi connectivity index (χ0v) is 11.7. The van der Waals surface area contributed by atoms with E-state index in [1.54, 1.807) is 0 Å². The number of benzene rings is 1. The van der Waals surface area contributed by atoms with Crippen LogP contribution in [0.15, 0.2) is 12.1 Å². The fourth-order valence-electron chi connectivity index (χ4n) is 1.61. The van der Waals surface area contributed by atoms with Gasteiger partial charge in [0.2, 0.25) is 11.8 Å². The first-order valence-electron chi connectivity index (χ1n) is 5.01. The fraction of sp³-hybridized carbons (Fsp3) is 0.273. The monoisotopic (exact) mass is 305 g/mol. The van der Waals surface area contributed by atoms with Gasteiger partial charge in [-0.05, 0) is 6.07 Å². The maximum Gasteiger partial charge on any atom is 0.243 e. The highest BCUT2D eigenvalue weighted by molar-refractivity contribution is 8.00.